The molecule has 5 nitrogen and oxygen atoms in total. The van der Waals surface area contributed by atoms with E-state index >= 15 is 0 Å². The van der Waals surface area contributed by atoms with Crippen LogP contribution >= 0.6 is 23.4 Å². The average molecular weight is 324 g/mol. The van der Waals surface area contributed by atoms with Crippen LogP contribution in [-0.4, -0.2) is 33.6 Å². The SMILES string of the molecule is C=CCn1c(SCC(=O)OC)nnc1-c1ccccc1Cl. The van der Waals surface area contributed by atoms with Crippen LogP contribution in [0.4, 0.5) is 0 Å². The number of ether oxygens (including phenoxy) is 1. The van der Waals surface area contributed by atoms with Crippen molar-refractivity contribution in [2.24, 2.45) is 0 Å². The topological polar surface area (TPSA) is 57.0 Å². The monoisotopic (exact) mass is 323 g/mol. The Morgan fingerprint density at radius 3 is 2.90 bits per heavy atom. The number of rotatable bonds is 6. The summed E-state index contributed by atoms with van der Waals surface area (Å²) in [7, 11) is 1.35. The second-order valence-electron chi connectivity index (χ2n) is 4.05. The highest BCUT2D eigenvalue weighted by Crippen LogP contribution is 2.29. The van der Waals surface area contributed by atoms with E-state index in [-0.39, 0.29) is 11.7 Å². The van der Waals surface area contributed by atoms with Crippen molar-refractivity contribution in [3.63, 3.8) is 0 Å². The van der Waals surface area contributed by atoms with Gasteiger partial charge in [-0.1, -0.05) is 41.6 Å². The molecule has 0 aliphatic heterocycles. The van der Waals surface area contributed by atoms with Crippen LogP contribution in [0.3, 0.4) is 0 Å². The Hall–Kier alpha value is -1.79. The molecule has 0 fully saturated rings. The lowest BCUT2D eigenvalue weighted by atomic mass is 10.2. The molecule has 0 radical (unpaired) electrons. The minimum absolute atomic E-state index is 0.175. The molecule has 0 amide bonds. The number of benzene rings is 1. The van der Waals surface area contributed by atoms with Crippen molar-refractivity contribution in [1.82, 2.24) is 14.8 Å². The molecule has 0 unspecified atom stereocenters. The summed E-state index contributed by atoms with van der Waals surface area (Å²) in [6, 6.07) is 7.41. The van der Waals surface area contributed by atoms with E-state index in [1.807, 2.05) is 22.8 Å². The molecule has 1 heterocycles. The standard InChI is InChI=1S/C14H14ClN3O2S/c1-3-8-18-13(10-6-4-5-7-11(10)15)16-17-14(18)21-9-12(19)20-2/h3-7H,1,8-9H2,2H3. The normalized spacial score (nSPS) is 10.4. The molecule has 2 aromatic rings. The first-order chi connectivity index (χ1) is 10.2. The number of hydrogen-bond donors (Lipinski definition) is 0. The van der Waals surface area contributed by atoms with Crippen molar-refractivity contribution in [3.8, 4) is 11.4 Å². The van der Waals surface area contributed by atoms with Gasteiger partial charge in [-0.05, 0) is 12.1 Å². The molecule has 0 aliphatic rings. The fourth-order valence-corrected chi connectivity index (χ4v) is 2.71. The molecule has 0 bridgehead atoms. The summed E-state index contributed by atoms with van der Waals surface area (Å²) in [5.41, 5.74) is 0.790. The highest BCUT2D eigenvalue weighted by atomic mass is 35.5. The summed E-state index contributed by atoms with van der Waals surface area (Å²) in [5, 5.41) is 9.52. The summed E-state index contributed by atoms with van der Waals surface area (Å²) < 4.78 is 6.49. The molecular weight excluding hydrogens is 310 g/mol. The fourth-order valence-electron chi connectivity index (χ4n) is 1.71. The lowest BCUT2D eigenvalue weighted by molar-refractivity contribution is -0.137. The first-order valence-corrected chi connectivity index (χ1v) is 7.52. The molecule has 0 spiro atoms. The Balaban J connectivity index is 2.35. The molecule has 0 aliphatic carbocycles. The average Bonchev–Trinajstić information content (AvgIpc) is 2.88. The van der Waals surface area contributed by atoms with Crippen LogP contribution in [0, 0.1) is 0 Å². The number of aromatic nitrogens is 3. The fraction of sp³-hybridized carbons (Fsp3) is 0.214. The zero-order valence-corrected chi connectivity index (χ0v) is 13.0. The van der Waals surface area contributed by atoms with Crippen LogP contribution < -0.4 is 0 Å². The Morgan fingerprint density at radius 1 is 1.48 bits per heavy atom. The van der Waals surface area contributed by atoms with E-state index in [1.54, 1.807) is 12.1 Å². The molecule has 1 aromatic heterocycles. The molecule has 0 atom stereocenters. The second-order valence-corrected chi connectivity index (χ2v) is 5.40. The van der Waals surface area contributed by atoms with Crippen LogP contribution in [0.2, 0.25) is 5.02 Å². The summed E-state index contributed by atoms with van der Waals surface area (Å²) in [5.74, 6) is 0.509. The van der Waals surface area contributed by atoms with E-state index in [4.69, 9.17) is 11.6 Å². The molecule has 0 N–H and O–H groups in total. The van der Waals surface area contributed by atoms with Gasteiger partial charge in [-0.15, -0.1) is 16.8 Å². The molecular formula is C14H14ClN3O2S. The minimum Gasteiger partial charge on any atom is -0.468 e. The first-order valence-electron chi connectivity index (χ1n) is 6.16. The Bertz CT molecular complexity index is 657. The van der Waals surface area contributed by atoms with Crippen molar-refractivity contribution in [2.75, 3.05) is 12.9 Å². The lowest BCUT2D eigenvalue weighted by Crippen LogP contribution is -2.06. The Morgan fingerprint density at radius 2 is 2.24 bits per heavy atom. The second kappa shape index (κ2) is 7.28. The number of carbonyl (C=O) groups is 1. The van der Waals surface area contributed by atoms with Gasteiger partial charge in [0.05, 0.1) is 17.9 Å². The molecule has 7 heteroatoms. The highest BCUT2D eigenvalue weighted by Gasteiger charge is 2.16. The van der Waals surface area contributed by atoms with Crippen LogP contribution in [-0.2, 0) is 16.1 Å². The van der Waals surface area contributed by atoms with Gasteiger partial charge in [0.1, 0.15) is 0 Å². The van der Waals surface area contributed by atoms with Crippen molar-refractivity contribution < 1.29 is 9.53 Å². The Kier molecular flexibility index (Phi) is 5.41. The number of carbonyl (C=O) groups excluding carboxylic acids is 1. The predicted octanol–water partition coefficient (Wildman–Crippen LogP) is 3.05. The Labute approximate surface area is 132 Å². The van der Waals surface area contributed by atoms with Gasteiger partial charge in [-0.3, -0.25) is 9.36 Å². The maximum absolute atomic E-state index is 11.2. The van der Waals surface area contributed by atoms with E-state index in [0.29, 0.717) is 22.5 Å². The smallest absolute Gasteiger partial charge is 0.316 e. The van der Waals surface area contributed by atoms with Gasteiger partial charge in [0.2, 0.25) is 0 Å². The van der Waals surface area contributed by atoms with Crippen molar-refractivity contribution >= 4 is 29.3 Å². The van der Waals surface area contributed by atoms with Crippen LogP contribution in [0.1, 0.15) is 0 Å². The number of allylic oxidation sites excluding steroid dienone is 1. The summed E-state index contributed by atoms with van der Waals surface area (Å²) >= 11 is 7.47. The molecule has 0 saturated heterocycles. The maximum Gasteiger partial charge on any atom is 0.316 e. The van der Waals surface area contributed by atoms with Crippen LogP contribution in [0.15, 0.2) is 42.1 Å². The van der Waals surface area contributed by atoms with E-state index in [2.05, 4.69) is 21.5 Å². The number of halogens is 1. The third-order valence-electron chi connectivity index (χ3n) is 2.69. The number of methoxy groups -OCH3 is 1. The van der Waals surface area contributed by atoms with Gasteiger partial charge in [-0.2, -0.15) is 0 Å². The molecule has 21 heavy (non-hydrogen) atoms. The zero-order valence-electron chi connectivity index (χ0n) is 11.5. The van der Waals surface area contributed by atoms with Gasteiger partial charge in [-0.25, -0.2) is 0 Å². The molecule has 1 aromatic carbocycles. The van der Waals surface area contributed by atoms with Gasteiger partial charge in [0.15, 0.2) is 11.0 Å². The van der Waals surface area contributed by atoms with Crippen LogP contribution in [0.5, 0.6) is 0 Å². The molecule has 2 rings (SSSR count). The summed E-state index contributed by atoms with van der Waals surface area (Å²) in [4.78, 5) is 11.2. The first kappa shape index (κ1) is 15.6. The van der Waals surface area contributed by atoms with E-state index < -0.39 is 0 Å². The van der Waals surface area contributed by atoms with Gasteiger partial charge >= 0.3 is 5.97 Å². The maximum atomic E-state index is 11.2. The zero-order chi connectivity index (χ0) is 15.2. The lowest BCUT2D eigenvalue weighted by Gasteiger charge is -2.08. The summed E-state index contributed by atoms with van der Waals surface area (Å²) in [6.45, 7) is 4.26. The quantitative estimate of drug-likeness (QED) is 0.464. The number of esters is 1. The minimum atomic E-state index is -0.313. The molecule has 110 valence electrons. The summed E-state index contributed by atoms with van der Waals surface area (Å²) in [6.07, 6.45) is 1.74. The number of nitrogens with zero attached hydrogens (tertiary/aromatic N) is 3. The van der Waals surface area contributed by atoms with E-state index in [0.717, 1.165) is 5.56 Å². The number of thioether (sulfide) groups is 1. The highest BCUT2D eigenvalue weighted by molar-refractivity contribution is 7.99. The van der Waals surface area contributed by atoms with E-state index in [1.165, 1.54) is 18.9 Å². The largest absolute Gasteiger partial charge is 0.468 e. The van der Waals surface area contributed by atoms with Crippen molar-refractivity contribution in [3.05, 3.63) is 41.9 Å². The van der Waals surface area contributed by atoms with Gasteiger partial charge in [0.25, 0.3) is 0 Å². The van der Waals surface area contributed by atoms with Crippen molar-refractivity contribution in [1.29, 1.82) is 0 Å². The third kappa shape index (κ3) is 3.65. The van der Waals surface area contributed by atoms with Crippen molar-refractivity contribution in [2.45, 2.75) is 11.7 Å². The van der Waals surface area contributed by atoms with E-state index in [9.17, 15) is 4.79 Å². The number of hydrogen-bond acceptors (Lipinski definition) is 5. The molecule has 0 saturated carbocycles. The van der Waals surface area contributed by atoms with Gasteiger partial charge < -0.3 is 4.74 Å². The predicted molar refractivity (Wildman–Crippen MR) is 83.4 cm³/mol. The van der Waals surface area contributed by atoms with Gasteiger partial charge in [0, 0.05) is 12.1 Å². The third-order valence-corrected chi connectivity index (χ3v) is 3.96. The van der Waals surface area contributed by atoms with Crippen LogP contribution in [0.25, 0.3) is 11.4 Å².